The van der Waals surface area contributed by atoms with Crippen LogP contribution in [0.5, 0.6) is 0 Å². The van der Waals surface area contributed by atoms with Crippen LogP contribution in [0.2, 0.25) is 0 Å². The summed E-state index contributed by atoms with van der Waals surface area (Å²) in [6.07, 6.45) is 4.24. The number of hydrogen-bond acceptors (Lipinski definition) is 6. The number of carbonyl (C=O) groups is 2. The minimum Gasteiger partial charge on any atom is -0.393 e. The molecule has 2 aliphatic rings. The highest BCUT2D eigenvalue weighted by Gasteiger charge is 2.40. The number of aliphatic hydroxyl groups is 1. The fourth-order valence-electron chi connectivity index (χ4n) is 5.93. The smallest absolute Gasteiger partial charge is 0.246 e. The van der Waals surface area contributed by atoms with Crippen LogP contribution in [0.25, 0.3) is 22.0 Å². The minimum absolute atomic E-state index is 0.0194. The lowest BCUT2D eigenvalue weighted by Gasteiger charge is -2.36. The summed E-state index contributed by atoms with van der Waals surface area (Å²) in [6, 6.07) is 11.6. The first kappa shape index (κ1) is 26.8. The van der Waals surface area contributed by atoms with Gasteiger partial charge in [0.15, 0.2) is 0 Å². The summed E-state index contributed by atoms with van der Waals surface area (Å²) in [5, 5.41) is 21.5. The number of nitrogens with zero attached hydrogens (tertiary/aromatic N) is 2. The second-order valence-electron chi connectivity index (χ2n) is 10.8. The number of aromatic nitrogens is 1. The normalized spacial score (nSPS) is 23.4. The van der Waals surface area contributed by atoms with Crippen molar-refractivity contribution in [2.24, 2.45) is 5.92 Å². The van der Waals surface area contributed by atoms with Crippen molar-refractivity contribution < 1.29 is 14.7 Å². The van der Waals surface area contributed by atoms with Crippen molar-refractivity contribution in [2.45, 2.75) is 76.6 Å². The number of nitrogens with one attached hydrogen (secondary N) is 2. The first-order valence-electron chi connectivity index (χ1n) is 13.8. The third-order valence-corrected chi connectivity index (χ3v) is 9.31. The summed E-state index contributed by atoms with van der Waals surface area (Å²) in [6.45, 7) is 4.58. The Morgan fingerprint density at radius 1 is 1.08 bits per heavy atom. The van der Waals surface area contributed by atoms with E-state index in [0.29, 0.717) is 19.4 Å². The number of thiazole rings is 1. The molecule has 1 saturated heterocycles. The van der Waals surface area contributed by atoms with Crippen molar-refractivity contribution in [2.75, 3.05) is 13.6 Å². The predicted molar refractivity (Wildman–Crippen MR) is 152 cm³/mol. The van der Waals surface area contributed by atoms with E-state index in [-0.39, 0.29) is 35.9 Å². The summed E-state index contributed by atoms with van der Waals surface area (Å²) >= 11 is 1.61. The van der Waals surface area contributed by atoms with Crippen LogP contribution in [0.1, 0.15) is 62.1 Å². The lowest BCUT2D eigenvalue weighted by atomic mass is 9.81. The Balaban J connectivity index is 1.40. The van der Waals surface area contributed by atoms with Gasteiger partial charge in [-0.3, -0.25) is 9.59 Å². The van der Waals surface area contributed by atoms with Crippen molar-refractivity contribution in [3.05, 3.63) is 52.3 Å². The highest BCUT2D eigenvalue weighted by molar-refractivity contribution is 7.10. The quantitative estimate of drug-likeness (QED) is 0.413. The largest absolute Gasteiger partial charge is 0.393 e. The van der Waals surface area contributed by atoms with Crippen LogP contribution in [-0.2, 0) is 9.59 Å². The Hall–Kier alpha value is -2.81. The zero-order valence-corrected chi connectivity index (χ0v) is 23.3. The number of likely N-dealkylation sites (N-methyl/N-ethyl adjacent to an activating group) is 1. The highest BCUT2D eigenvalue weighted by Crippen LogP contribution is 2.39. The van der Waals surface area contributed by atoms with E-state index < -0.39 is 6.04 Å². The number of benzene rings is 2. The van der Waals surface area contributed by atoms with Gasteiger partial charge in [0, 0.05) is 17.5 Å². The maximum absolute atomic E-state index is 14.1. The van der Waals surface area contributed by atoms with Crippen LogP contribution in [0.15, 0.2) is 41.8 Å². The van der Waals surface area contributed by atoms with Gasteiger partial charge in [0.2, 0.25) is 11.8 Å². The van der Waals surface area contributed by atoms with Crippen LogP contribution in [0, 0.1) is 12.8 Å². The first-order valence-corrected chi connectivity index (χ1v) is 14.7. The molecule has 1 aromatic heterocycles. The number of hydrogen-bond donors (Lipinski definition) is 3. The Bertz CT molecular complexity index is 1300. The van der Waals surface area contributed by atoms with Crippen LogP contribution in [0.3, 0.4) is 0 Å². The summed E-state index contributed by atoms with van der Waals surface area (Å²) in [4.78, 5) is 33.9. The molecular formula is C30H38N4O3S. The number of amides is 2. The van der Waals surface area contributed by atoms with Gasteiger partial charge in [-0.05, 0) is 81.7 Å². The molecule has 1 aliphatic carbocycles. The molecule has 1 aliphatic heterocycles. The number of fused-ring (bicyclic) bond motifs is 1. The van der Waals surface area contributed by atoms with E-state index in [1.54, 1.807) is 25.3 Å². The van der Waals surface area contributed by atoms with Gasteiger partial charge in [-0.1, -0.05) is 36.4 Å². The molecule has 3 atom stereocenters. The molecule has 1 saturated carbocycles. The molecule has 0 spiro atoms. The Kier molecular flexibility index (Phi) is 8.12. The average molecular weight is 535 g/mol. The van der Waals surface area contributed by atoms with Crippen LogP contribution in [0.4, 0.5) is 0 Å². The van der Waals surface area contributed by atoms with Gasteiger partial charge >= 0.3 is 0 Å². The highest BCUT2D eigenvalue weighted by atomic mass is 32.1. The molecule has 38 heavy (non-hydrogen) atoms. The number of likely N-dealkylation sites (tertiary alicyclic amines) is 1. The lowest BCUT2D eigenvalue weighted by Crippen LogP contribution is -2.55. The maximum Gasteiger partial charge on any atom is 0.246 e. The zero-order chi connectivity index (χ0) is 26.8. The van der Waals surface area contributed by atoms with Crippen molar-refractivity contribution in [1.29, 1.82) is 0 Å². The predicted octanol–water partition coefficient (Wildman–Crippen LogP) is 4.58. The standard InChI is InChI=1S/C30H38N4O3S/c1-18-10-15-24(23-8-5-4-7-22(18)23)25-17-38-29(32-25)26-9-6-16-34(26)30(37)27(33-28(36)19(2)31-3)20-11-13-21(35)14-12-20/h4-5,7-8,10,15,17,19-21,26-27,31,35H,6,9,11-14,16H2,1-3H3,(H,33,36)/t19-,20-,21+,26-,27-/m0/s1. The molecule has 2 amide bonds. The average Bonchev–Trinajstić information content (AvgIpc) is 3.62. The monoisotopic (exact) mass is 534 g/mol. The summed E-state index contributed by atoms with van der Waals surface area (Å²) in [7, 11) is 1.74. The first-order chi connectivity index (χ1) is 18.4. The lowest BCUT2D eigenvalue weighted by molar-refractivity contribution is -0.139. The van der Waals surface area contributed by atoms with Gasteiger partial charge in [0.05, 0.1) is 23.9 Å². The second kappa shape index (κ2) is 11.5. The zero-order valence-electron chi connectivity index (χ0n) is 22.4. The van der Waals surface area contributed by atoms with Gasteiger partial charge in [-0.2, -0.15) is 0 Å². The Morgan fingerprint density at radius 3 is 2.55 bits per heavy atom. The van der Waals surface area contributed by atoms with Crippen molar-refractivity contribution in [3.8, 4) is 11.3 Å². The number of aryl methyl sites for hydroxylation is 1. The fraction of sp³-hybridized carbons (Fsp3) is 0.500. The molecule has 0 radical (unpaired) electrons. The number of aliphatic hydroxyl groups excluding tert-OH is 1. The second-order valence-corrected chi connectivity index (χ2v) is 11.7. The molecule has 2 heterocycles. The van der Waals surface area contributed by atoms with Gasteiger partial charge in [0.25, 0.3) is 0 Å². The van der Waals surface area contributed by atoms with Gasteiger partial charge in [-0.15, -0.1) is 11.3 Å². The van der Waals surface area contributed by atoms with E-state index in [1.807, 2.05) is 4.90 Å². The summed E-state index contributed by atoms with van der Waals surface area (Å²) in [5.74, 6) is -0.176. The maximum atomic E-state index is 14.1. The molecule has 3 aromatic rings. The van der Waals surface area contributed by atoms with E-state index in [9.17, 15) is 14.7 Å². The van der Waals surface area contributed by atoms with Crippen molar-refractivity contribution in [3.63, 3.8) is 0 Å². The molecule has 2 fully saturated rings. The van der Waals surface area contributed by atoms with E-state index in [1.165, 1.54) is 16.3 Å². The fourth-order valence-corrected chi connectivity index (χ4v) is 6.89. The molecule has 2 aromatic carbocycles. The molecule has 3 N–H and O–H groups in total. The molecule has 0 unspecified atom stereocenters. The van der Waals surface area contributed by atoms with Gasteiger partial charge in [-0.25, -0.2) is 4.98 Å². The van der Waals surface area contributed by atoms with E-state index in [0.717, 1.165) is 41.9 Å². The van der Waals surface area contributed by atoms with Crippen molar-refractivity contribution in [1.82, 2.24) is 20.5 Å². The van der Waals surface area contributed by atoms with Crippen LogP contribution >= 0.6 is 11.3 Å². The third kappa shape index (κ3) is 5.35. The van der Waals surface area contributed by atoms with Gasteiger partial charge in [0.1, 0.15) is 11.0 Å². The third-order valence-electron chi connectivity index (χ3n) is 8.36. The van der Waals surface area contributed by atoms with Gasteiger partial charge < -0.3 is 20.6 Å². The molecule has 202 valence electrons. The molecule has 7 nitrogen and oxygen atoms in total. The number of rotatable bonds is 7. The van der Waals surface area contributed by atoms with Crippen LogP contribution in [-0.4, -0.2) is 58.6 Å². The minimum atomic E-state index is -0.591. The Labute approximate surface area is 228 Å². The Morgan fingerprint density at radius 2 is 1.82 bits per heavy atom. The molecule has 0 bridgehead atoms. The SMILES string of the molecule is CN[C@@H](C)C(=O)N[C@H](C(=O)N1CCC[C@H]1c1nc(-c2ccc(C)c3ccccc23)cs1)[C@H]1CC[C@@H](O)CC1. The number of carbonyl (C=O) groups excluding carboxylic acids is 2. The van der Waals surface area contributed by atoms with E-state index in [4.69, 9.17) is 4.98 Å². The summed E-state index contributed by atoms with van der Waals surface area (Å²) in [5.41, 5.74) is 3.29. The molecular weight excluding hydrogens is 496 g/mol. The van der Waals surface area contributed by atoms with Crippen molar-refractivity contribution >= 4 is 33.9 Å². The summed E-state index contributed by atoms with van der Waals surface area (Å²) < 4.78 is 0. The van der Waals surface area contributed by atoms with E-state index >= 15 is 0 Å². The molecule has 5 rings (SSSR count). The molecule has 8 heteroatoms. The van der Waals surface area contributed by atoms with E-state index in [2.05, 4.69) is 59.3 Å². The van der Waals surface area contributed by atoms with Crippen LogP contribution < -0.4 is 10.6 Å². The topological polar surface area (TPSA) is 94.6 Å².